The summed E-state index contributed by atoms with van der Waals surface area (Å²) in [6.45, 7) is 4.45. The van der Waals surface area contributed by atoms with Gasteiger partial charge in [-0.25, -0.2) is 0 Å². The molecule has 124 valence electrons. The molecule has 4 nitrogen and oxygen atoms in total. The van der Waals surface area contributed by atoms with Gasteiger partial charge in [0.25, 0.3) is 0 Å². The third-order valence-corrected chi connectivity index (χ3v) is 4.95. The molecule has 1 aliphatic heterocycles. The minimum Gasteiger partial charge on any atom is -0.326 e. The number of hydrogen-bond donors (Lipinski definition) is 1. The standard InChI is InChI=1S/C19H19BrN2O2/c1-12-5-3-8-17(13(12)2)22-11-14(9-18(22)23)19(24)21-16-7-4-6-15(20)10-16/h3-8,10,14H,9,11H2,1-2H3,(H,21,24). The fourth-order valence-electron chi connectivity index (χ4n) is 2.95. The minimum absolute atomic E-state index is 0.00177. The van der Waals surface area contributed by atoms with Crippen molar-refractivity contribution in [3.63, 3.8) is 0 Å². The first-order valence-corrected chi connectivity index (χ1v) is 8.68. The van der Waals surface area contributed by atoms with Gasteiger partial charge in [0.05, 0.1) is 5.92 Å². The lowest BCUT2D eigenvalue weighted by Crippen LogP contribution is -2.28. The molecule has 0 aromatic heterocycles. The zero-order valence-electron chi connectivity index (χ0n) is 13.7. The molecule has 2 amide bonds. The molecule has 0 bridgehead atoms. The molecule has 5 heteroatoms. The van der Waals surface area contributed by atoms with Gasteiger partial charge in [-0.1, -0.05) is 34.1 Å². The lowest BCUT2D eigenvalue weighted by Gasteiger charge is -2.20. The number of anilines is 2. The normalized spacial score (nSPS) is 17.2. The van der Waals surface area contributed by atoms with Crippen LogP contribution in [-0.2, 0) is 9.59 Å². The summed E-state index contributed by atoms with van der Waals surface area (Å²) in [5, 5.41) is 2.90. The van der Waals surface area contributed by atoms with Crippen molar-refractivity contribution in [3.05, 3.63) is 58.1 Å². The van der Waals surface area contributed by atoms with Crippen LogP contribution in [0.4, 0.5) is 11.4 Å². The average molecular weight is 387 g/mol. The number of nitrogens with one attached hydrogen (secondary N) is 1. The van der Waals surface area contributed by atoms with E-state index in [2.05, 4.69) is 21.2 Å². The van der Waals surface area contributed by atoms with Gasteiger partial charge in [-0.2, -0.15) is 0 Å². The van der Waals surface area contributed by atoms with E-state index in [-0.39, 0.29) is 24.2 Å². The quantitative estimate of drug-likeness (QED) is 0.864. The number of carbonyl (C=O) groups is 2. The summed E-state index contributed by atoms with van der Waals surface area (Å²) in [4.78, 5) is 26.6. The summed E-state index contributed by atoms with van der Waals surface area (Å²) in [6, 6.07) is 13.4. The van der Waals surface area contributed by atoms with Crippen molar-refractivity contribution in [2.24, 2.45) is 5.92 Å². The second-order valence-corrected chi connectivity index (χ2v) is 7.04. The Kier molecular flexibility index (Phi) is 4.71. The van der Waals surface area contributed by atoms with Crippen molar-refractivity contribution in [1.82, 2.24) is 0 Å². The average Bonchev–Trinajstić information content (AvgIpc) is 2.92. The third kappa shape index (κ3) is 3.36. The molecule has 1 aliphatic rings. The smallest absolute Gasteiger partial charge is 0.229 e. The molecular formula is C19H19BrN2O2. The van der Waals surface area contributed by atoms with Crippen LogP contribution in [0.2, 0.25) is 0 Å². The third-order valence-electron chi connectivity index (χ3n) is 4.45. The number of halogens is 1. The molecule has 1 saturated heterocycles. The predicted octanol–water partition coefficient (Wildman–Crippen LogP) is 4.06. The van der Waals surface area contributed by atoms with Gasteiger partial charge in [-0.3, -0.25) is 9.59 Å². The Labute approximate surface area is 150 Å². The largest absolute Gasteiger partial charge is 0.326 e. The van der Waals surface area contributed by atoms with Gasteiger partial charge in [-0.05, 0) is 49.2 Å². The lowest BCUT2D eigenvalue weighted by molar-refractivity contribution is -0.122. The SMILES string of the molecule is Cc1cccc(N2CC(C(=O)Nc3cccc(Br)c3)CC2=O)c1C. The van der Waals surface area contributed by atoms with Crippen molar-refractivity contribution >= 4 is 39.1 Å². The van der Waals surface area contributed by atoms with E-state index in [0.29, 0.717) is 6.54 Å². The van der Waals surface area contributed by atoms with Gasteiger partial charge in [-0.15, -0.1) is 0 Å². The van der Waals surface area contributed by atoms with E-state index in [1.165, 1.54) is 0 Å². The van der Waals surface area contributed by atoms with Crippen LogP contribution >= 0.6 is 15.9 Å². The summed E-state index contributed by atoms with van der Waals surface area (Å²) in [5.74, 6) is -0.455. The number of aryl methyl sites for hydroxylation is 1. The van der Waals surface area contributed by atoms with E-state index in [4.69, 9.17) is 0 Å². The van der Waals surface area contributed by atoms with Crippen LogP contribution in [0.25, 0.3) is 0 Å². The Morgan fingerprint density at radius 1 is 1.21 bits per heavy atom. The van der Waals surface area contributed by atoms with Gasteiger partial charge < -0.3 is 10.2 Å². The maximum absolute atomic E-state index is 12.5. The van der Waals surface area contributed by atoms with E-state index in [1.54, 1.807) is 4.90 Å². The Balaban J connectivity index is 1.74. The van der Waals surface area contributed by atoms with Crippen molar-refractivity contribution in [1.29, 1.82) is 0 Å². The summed E-state index contributed by atoms with van der Waals surface area (Å²) in [5.41, 5.74) is 3.85. The zero-order valence-corrected chi connectivity index (χ0v) is 15.3. The first-order chi connectivity index (χ1) is 11.5. The summed E-state index contributed by atoms with van der Waals surface area (Å²) in [7, 11) is 0. The summed E-state index contributed by atoms with van der Waals surface area (Å²) < 4.78 is 0.903. The van der Waals surface area contributed by atoms with E-state index in [0.717, 1.165) is 27.0 Å². The molecule has 1 unspecified atom stereocenters. The highest BCUT2D eigenvalue weighted by Gasteiger charge is 2.35. The molecule has 2 aromatic rings. The van der Waals surface area contributed by atoms with Crippen LogP contribution in [0.1, 0.15) is 17.5 Å². The molecule has 0 spiro atoms. The van der Waals surface area contributed by atoms with Crippen LogP contribution < -0.4 is 10.2 Å². The molecule has 24 heavy (non-hydrogen) atoms. The first kappa shape index (κ1) is 16.7. The van der Waals surface area contributed by atoms with Crippen molar-refractivity contribution in [2.75, 3.05) is 16.8 Å². The second kappa shape index (κ2) is 6.77. The molecule has 0 aliphatic carbocycles. The van der Waals surface area contributed by atoms with Crippen LogP contribution in [0.15, 0.2) is 46.9 Å². The fourth-order valence-corrected chi connectivity index (χ4v) is 3.35. The van der Waals surface area contributed by atoms with Crippen molar-refractivity contribution < 1.29 is 9.59 Å². The number of amides is 2. The Hall–Kier alpha value is -2.14. The lowest BCUT2D eigenvalue weighted by atomic mass is 10.1. The highest BCUT2D eigenvalue weighted by Crippen LogP contribution is 2.30. The molecule has 0 radical (unpaired) electrons. The zero-order chi connectivity index (χ0) is 17.3. The highest BCUT2D eigenvalue weighted by atomic mass is 79.9. The second-order valence-electron chi connectivity index (χ2n) is 6.12. The fraction of sp³-hybridized carbons (Fsp3) is 0.263. The summed E-state index contributed by atoms with van der Waals surface area (Å²) >= 11 is 3.39. The topological polar surface area (TPSA) is 49.4 Å². The molecular weight excluding hydrogens is 368 g/mol. The Bertz CT molecular complexity index is 804. The van der Waals surface area contributed by atoms with Crippen molar-refractivity contribution in [3.8, 4) is 0 Å². The molecule has 2 aromatic carbocycles. The monoisotopic (exact) mass is 386 g/mol. The number of benzene rings is 2. The van der Waals surface area contributed by atoms with E-state index >= 15 is 0 Å². The first-order valence-electron chi connectivity index (χ1n) is 7.88. The highest BCUT2D eigenvalue weighted by molar-refractivity contribution is 9.10. The van der Waals surface area contributed by atoms with Gasteiger partial charge >= 0.3 is 0 Å². The molecule has 1 heterocycles. The van der Waals surface area contributed by atoms with Gasteiger partial charge in [0.2, 0.25) is 11.8 Å². The van der Waals surface area contributed by atoms with E-state index < -0.39 is 0 Å². The molecule has 1 atom stereocenters. The molecule has 1 N–H and O–H groups in total. The molecule has 3 rings (SSSR count). The number of rotatable bonds is 3. The molecule has 1 fully saturated rings. The predicted molar refractivity (Wildman–Crippen MR) is 99.1 cm³/mol. The molecule has 0 saturated carbocycles. The van der Waals surface area contributed by atoms with Crippen LogP contribution in [0.3, 0.4) is 0 Å². The van der Waals surface area contributed by atoms with Gasteiger partial charge in [0.15, 0.2) is 0 Å². The van der Waals surface area contributed by atoms with Gasteiger partial charge in [0.1, 0.15) is 0 Å². The van der Waals surface area contributed by atoms with Crippen LogP contribution in [-0.4, -0.2) is 18.4 Å². The van der Waals surface area contributed by atoms with Gasteiger partial charge in [0, 0.05) is 28.8 Å². The van der Waals surface area contributed by atoms with Crippen molar-refractivity contribution in [2.45, 2.75) is 20.3 Å². The van der Waals surface area contributed by atoms with Crippen LogP contribution in [0.5, 0.6) is 0 Å². The maximum atomic E-state index is 12.5. The Morgan fingerprint density at radius 3 is 2.71 bits per heavy atom. The maximum Gasteiger partial charge on any atom is 0.229 e. The number of hydrogen-bond acceptors (Lipinski definition) is 2. The summed E-state index contributed by atoms with van der Waals surface area (Å²) in [6.07, 6.45) is 0.243. The number of carbonyl (C=O) groups excluding carboxylic acids is 2. The number of nitrogens with zero attached hydrogens (tertiary/aromatic N) is 1. The minimum atomic E-state index is -0.337. The van der Waals surface area contributed by atoms with E-state index in [1.807, 2.05) is 56.3 Å². The Morgan fingerprint density at radius 2 is 1.96 bits per heavy atom. The van der Waals surface area contributed by atoms with E-state index in [9.17, 15) is 9.59 Å². The van der Waals surface area contributed by atoms with Crippen LogP contribution in [0, 0.1) is 19.8 Å².